The predicted molar refractivity (Wildman–Crippen MR) is 108 cm³/mol. The molecule has 0 saturated heterocycles. The molecule has 0 amide bonds. The second-order valence-electron chi connectivity index (χ2n) is 6.66. The summed E-state index contributed by atoms with van der Waals surface area (Å²) in [6, 6.07) is 24.7. The number of anilines is 1. The summed E-state index contributed by atoms with van der Waals surface area (Å²) in [4.78, 5) is 9.24. The number of aliphatic imine (C=N–C) groups is 1. The Morgan fingerprint density at radius 2 is 1.63 bits per heavy atom. The Bertz CT molecular complexity index is 942. The first-order valence-corrected chi connectivity index (χ1v) is 9.20. The number of nitriles is 1. The van der Waals surface area contributed by atoms with Gasteiger partial charge >= 0.3 is 0 Å². The maximum Gasteiger partial charge on any atom is 0.154 e. The van der Waals surface area contributed by atoms with E-state index >= 15 is 0 Å². The zero-order chi connectivity index (χ0) is 18.5. The molecule has 1 aromatic heterocycles. The van der Waals surface area contributed by atoms with Crippen LogP contribution in [0.5, 0.6) is 0 Å². The van der Waals surface area contributed by atoms with Crippen LogP contribution in [0.15, 0.2) is 77.9 Å². The number of nitrogens with zero attached hydrogens (tertiary/aromatic N) is 3. The molecular formula is C23H20N4. The third kappa shape index (κ3) is 3.88. The Kier molecular flexibility index (Phi) is 4.93. The molecule has 4 nitrogen and oxygen atoms in total. The van der Waals surface area contributed by atoms with Crippen LogP contribution in [0, 0.1) is 11.3 Å². The Labute approximate surface area is 159 Å². The van der Waals surface area contributed by atoms with Gasteiger partial charge in [-0.15, -0.1) is 0 Å². The molecule has 0 aliphatic heterocycles. The van der Waals surface area contributed by atoms with Gasteiger partial charge in [-0.05, 0) is 19.3 Å². The second-order valence-corrected chi connectivity index (χ2v) is 6.66. The number of hydrogen-bond donors (Lipinski definition) is 1. The van der Waals surface area contributed by atoms with Crippen molar-refractivity contribution in [2.75, 3.05) is 5.32 Å². The van der Waals surface area contributed by atoms with Crippen molar-refractivity contribution < 1.29 is 0 Å². The van der Waals surface area contributed by atoms with Gasteiger partial charge in [0.1, 0.15) is 6.07 Å². The zero-order valence-electron chi connectivity index (χ0n) is 15.0. The molecule has 3 aromatic rings. The van der Waals surface area contributed by atoms with Gasteiger partial charge < -0.3 is 5.32 Å². The zero-order valence-corrected chi connectivity index (χ0v) is 15.0. The molecule has 0 bridgehead atoms. The normalized spacial score (nSPS) is 13.3. The highest BCUT2D eigenvalue weighted by Crippen LogP contribution is 2.27. The van der Waals surface area contributed by atoms with E-state index < -0.39 is 0 Å². The van der Waals surface area contributed by atoms with Crippen molar-refractivity contribution in [1.29, 1.82) is 5.26 Å². The van der Waals surface area contributed by atoms with Gasteiger partial charge in [-0.3, -0.25) is 0 Å². The average Bonchev–Trinajstić information content (AvgIpc) is 2.70. The number of benzene rings is 2. The number of hydrogen-bond acceptors (Lipinski definition) is 4. The predicted octanol–water partition coefficient (Wildman–Crippen LogP) is 5.09. The molecule has 27 heavy (non-hydrogen) atoms. The number of nitrogens with one attached hydrogen (secondary N) is 1. The van der Waals surface area contributed by atoms with Gasteiger partial charge in [-0.2, -0.15) is 5.26 Å². The Balaban J connectivity index is 1.76. The van der Waals surface area contributed by atoms with Crippen molar-refractivity contribution in [1.82, 2.24) is 4.98 Å². The van der Waals surface area contributed by atoms with Crippen LogP contribution in [0.3, 0.4) is 0 Å². The first-order valence-electron chi connectivity index (χ1n) is 9.20. The minimum Gasteiger partial charge on any atom is -0.381 e. The average molecular weight is 352 g/mol. The van der Waals surface area contributed by atoms with E-state index in [4.69, 9.17) is 4.99 Å². The molecule has 0 radical (unpaired) electrons. The fourth-order valence-corrected chi connectivity index (χ4v) is 3.09. The van der Waals surface area contributed by atoms with E-state index in [1.807, 2.05) is 66.7 Å². The summed E-state index contributed by atoms with van der Waals surface area (Å²) in [5.41, 5.74) is 4.30. The van der Waals surface area contributed by atoms with Crippen LogP contribution in [0.4, 0.5) is 11.5 Å². The van der Waals surface area contributed by atoms with Gasteiger partial charge in [0.2, 0.25) is 0 Å². The van der Waals surface area contributed by atoms with Gasteiger partial charge in [0, 0.05) is 29.4 Å². The highest BCUT2D eigenvalue weighted by molar-refractivity contribution is 6.13. The van der Waals surface area contributed by atoms with E-state index in [1.165, 1.54) is 6.42 Å². The Hall–Kier alpha value is -3.45. The first kappa shape index (κ1) is 17.0. The lowest BCUT2D eigenvalue weighted by Crippen LogP contribution is -2.27. The van der Waals surface area contributed by atoms with Gasteiger partial charge in [-0.25, -0.2) is 9.98 Å². The molecule has 0 spiro atoms. The summed E-state index contributed by atoms with van der Waals surface area (Å²) in [5, 5.41) is 12.8. The van der Waals surface area contributed by atoms with Crippen molar-refractivity contribution in [2.24, 2.45) is 4.99 Å². The maximum atomic E-state index is 9.39. The Morgan fingerprint density at radius 1 is 1.00 bits per heavy atom. The Morgan fingerprint density at radius 3 is 2.15 bits per heavy atom. The van der Waals surface area contributed by atoms with Crippen LogP contribution >= 0.6 is 0 Å². The van der Waals surface area contributed by atoms with Gasteiger partial charge in [0.25, 0.3) is 0 Å². The summed E-state index contributed by atoms with van der Waals surface area (Å²) in [7, 11) is 0. The fourth-order valence-electron chi connectivity index (χ4n) is 3.09. The van der Waals surface area contributed by atoms with E-state index in [9.17, 15) is 5.26 Å². The summed E-state index contributed by atoms with van der Waals surface area (Å²) in [5.74, 6) is 0.596. The molecule has 132 valence electrons. The van der Waals surface area contributed by atoms with E-state index in [1.54, 1.807) is 6.20 Å². The van der Waals surface area contributed by atoms with Gasteiger partial charge in [0.05, 0.1) is 17.0 Å². The monoisotopic (exact) mass is 352 g/mol. The van der Waals surface area contributed by atoms with Crippen molar-refractivity contribution >= 4 is 17.2 Å². The lowest BCUT2D eigenvalue weighted by molar-refractivity contribution is 0.445. The van der Waals surface area contributed by atoms with Crippen LogP contribution in [0.25, 0.3) is 0 Å². The molecule has 1 heterocycles. The highest BCUT2D eigenvalue weighted by Gasteiger charge is 2.18. The number of rotatable bonds is 5. The van der Waals surface area contributed by atoms with Crippen LogP contribution < -0.4 is 5.32 Å². The molecule has 1 aliphatic rings. The van der Waals surface area contributed by atoms with E-state index in [-0.39, 0.29) is 0 Å². The van der Waals surface area contributed by atoms with E-state index in [0.717, 1.165) is 35.4 Å². The van der Waals surface area contributed by atoms with E-state index in [0.29, 0.717) is 17.4 Å². The third-order valence-corrected chi connectivity index (χ3v) is 4.80. The largest absolute Gasteiger partial charge is 0.381 e. The molecule has 4 heteroatoms. The maximum absolute atomic E-state index is 9.39. The van der Waals surface area contributed by atoms with Crippen molar-refractivity contribution in [2.45, 2.75) is 25.3 Å². The first-order chi connectivity index (χ1) is 13.3. The minimum atomic E-state index is 0.444. The lowest BCUT2D eigenvalue weighted by Gasteiger charge is -2.27. The van der Waals surface area contributed by atoms with E-state index in [2.05, 4.69) is 16.4 Å². The van der Waals surface area contributed by atoms with Crippen LogP contribution in [0.1, 0.15) is 36.0 Å². The third-order valence-electron chi connectivity index (χ3n) is 4.80. The lowest BCUT2D eigenvalue weighted by atomic mass is 9.93. The van der Waals surface area contributed by atoms with Crippen LogP contribution in [-0.4, -0.2) is 16.7 Å². The van der Waals surface area contributed by atoms with Crippen LogP contribution in [0.2, 0.25) is 0 Å². The van der Waals surface area contributed by atoms with Crippen molar-refractivity contribution in [3.63, 3.8) is 0 Å². The second kappa shape index (κ2) is 7.84. The summed E-state index contributed by atoms with van der Waals surface area (Å²) in [6.07, 6.45) is 5.13. The number of aromatic nitrogens is 1. The summed E-state index contributed by atoms with van der Waals surface area (Å²) >= 11 is 0. The molecular weight excluding hydrogens is 332 g/mol. The quantitative estimate of drug-likeness (QED) is 0.651. The molecule has 4 rings (SSSR count). The SMILES string of the molecule is N#Cc1cnc(N=C(c2ccccc2)c2ccccc2)cc1NC1CCC1. The molecule has 1 aliphatic carbocycles. The highest BCUT2D eigenvalue weighted by atomic mass is 15.0. The molecule has 2 aromatic carbocycles. The standard InChI is InChI=1S/C23H20N4/c24-15-19-16-25-22(14-21(19)26-20-12-7-13-20)27-23(17-8-3-1-4-9-17)18-10-5-2-6-11-18/h1-6,8-11,14,16,20H,7,12-13H2,(H,25,26). The summed E-state index contributed by atoms with van der Waals surface area (Å²) in [6.45, 7) is 0. The van der Waals surface area contributed by atoms with Gasteiger partial charge in [-0.1, -0.05) is 60.7 Å². The smallest absolute Gasteiger partial charge is 0.154 e. The summed E-state index contributed by atoms with van der Waals surface area (Å²) < 4.78 is 0. The topological polar surface area (TPSA) is 61.1 Å². The molecule has 1 saturated carbocycles. The molecule has 1 N–H and O–H groups in total. The minimum absolute atomic E-state index is 0.444. The van der Waals surface area contributed by atoms with Crippen molar-refractivity contribution in [3.8, 4) is 6.07 Å². The molecule has 0 unspecified atom stereocenters. The van der Waals surface area contributed by atoms with Gasteiger partial charge in [0.15, 0.2) is 5.82 Å². The molecule has 0 atom stereocenters. The fraction of sp³-hybridized carbons (Fsp3) is 0.174. The number of pyridine rings is 1. The van der Waals surface area contributed by atoms with Crippen molar-refractivity contribution in [3.05, 3.63) is 89.6 Å². The van der Waals surface area contributed by atoms with Crippen LogP contribution in [-0.2, 0) is 0 Å². The molecule has 1 fully saturated rings.